The maximum Gasteiger partial charge on any atom is 0.187 e. The molecule has 35 atom stereocenters. The molecule has 8 fully saturated rings. The fraction of sp³-hybridized carbons (Fsp3) is 0.967. The van der Waals surface area contributed by atoms with Gasteiger partial charge in [0.25, 0.3) is 0 Å². The lowest BCUT2D eigenvalue weighted by Crippen LogP contribution is -2.65. The summed E-state index contributed by atoms with van der Waals surface area (Å²) in [5, 5.41) is 205. The molecule has 0 aromatic heterocycles. The maximum atomic E-state index is 12.8. The molecular formula is C60H102O29. The quantitative estimate of drug-likeness (QED) is 0.0506. The molecule has 9 aliphatic rings. The Morgan fingerprint density at radius 2 is 0.955 bits per heavy atom. The Bertz CT molecular complexity index is 2340. The van der Waals surface area contributed by atoms with Gasteiger partial charge in [-0.25, -0.2) is 0 Å². The molecule has 3 saturated carbocycles. The standard InChI is InChI=1S/C60H102O29/c1-23(9-13-35(57(4,5)79)88-55-50(89-54-49(78)43(72)38(67)29(20-63)84-54)45(74)40(69)31(86-55)22-81-52-47(76)42(71)37(66)28(19-62)83-52)24-15-16-58(6)32-12-10-25-26(60(32,8)33(64)17-59(24,58)7)11-14-34(56(25,2)3)87-53-48(77)44(73)39(68)30(85-53)21-80-51-46(75)41(70)36(65)27(18-61)82-51/h10,23-24,26-55,61-79H,9,11-22H2,1-8H3/t23-,24-,26-,27-,28-,29-,30-,31-,32+,33-,34+,35-,36-,37-,38-,39-,40-,41+,42+,43+,44+,45+,46-,47-,48-,49-,50-,51-,52-,53+,54-,55+,58+,59-,60+/m1/s1. The summed E-state index contributed by atoms with van der Waals surface area (Å²) in [5.41, 5.74) is -2.49. The van der Waals surface area contributed by atoms with Gasteiger partial charge in [-0.2, -0.15) is 0 Å². The van der Waals surface area contributed by atoms with Crippen LogP contribution >= 0.6 is 0 Å². The molecule has 4 aliphatic carbocycles. The highest BCUT2D eigenvalue weighted by molar-refractivity contribution is 5.32. The molecule has 0 bridgehead atoms. The lowest BCUT2D eigenvalue weighted by molar-refractivity contribution is -0.380. The van der Waals surface area contributed by atoms with Crippen molar-refractivity contribution in [2.75, 3.05) is 33.0 Å². The third-order valence-electron chi connectivity index (χ3n) is 22.9. The van der Waals surface area contributed by atoms with Crippen molar-refractivity contribution in [3.05, 3.63) is 11.6 Å². The Labute approximate surface area is 517 Å². The Balaban J connectivity index is 0.883. The first-order valence-corrected chi connectivity index (χ1v) is 31.6. The van der Waals surface area contributed by atoms with E-state index < -0.39 is 227 Å². The topological polar surface area (TPSA) is 477 Å². The molecule has 0 aromatic carbocycles. The van der Waals surface area contributed by atoms with Crippen molar-refractivity contribution in [2.45, 2.75) is 284 Å². The molecule has 5 heterocycles. The van der Waals surface area contributed by atoms with Crippen LogP contribution in [0.5, 0.6) is 0 Å². The van der Waals surface area contributed by atoms with Gasteiger partial charge in [0.05, 0.1) is 56.9 Å². The predicted octanol–water partition coefficient (Wildman–Crippen LogP) is -5.41. The van der Waals surface area contributed by atoms with Gasteiger partial charge in [-0.15, -0.1) is 0 Å². The van der Waals surface area contributed by atoms with Gasteiger partial charge in [0.15, 0.2) is 31.5 Å². The summed E-state index contributed by atoms with van der Waals surface area (Å²) in [6, 6.07) is 0. The second kappa shape index (κ2) is 27.6. The number of hydrogen-bond donors (Lipinski definition) is 19. The van der Waals surface area contributed by atoms with Gasteiger partial charge in [0.1, 0.15) is 122 Å². The highest BCUT2D eigenvalue weighted by Gasteiger charge is 2.70. The minimum Gasteiger partial charge on any atom is -0.394 e. The van der Waals surface area contributed by atoms with E-state index in [-0.39, 0.29) is 35.5 Å². The molecule has 5 saturated heterocycles. The van der Waals surface area contributed by atoms with Crippen LogP contribution in [0, 0.1) is 45.3 Å². The van der Waals surface area contributed by atoms with Crippen LogP contribution in [0.15, 0.2) is 11.6 Å². The number of fused-ring (bicyclic) bond motifs is 5. The zero-order valence-electron chi connectivity index (χ0n) is 51.8. The van der Waals surface area contributed by atoms with Crippen LogP contribution in [0.3, 0.4) is 0 Å². The van der Waals surface area contributed by atoms with E-state index in [4.69, 9.17) is 47.4 Å². The third kappa shape index (κ3) is 13.1. The van der Waals surface area contributed by atoms with Crippen molar-refractivity contribution in [1.29, 1.82) is 0 Å². The fourth-order valence-electron chi connectivity index (χ4n) is 17.0. The summed E-state index contributed by atoms with van der Waals surface area (Å²) in [7, 11) is 0. The van der Waals surface area contributed by atoms with Crippen molar-refractivity contribution in [3.63, 3.8) is 0 Å². The van der Waals surface area contributed by atoms with Crippen LogP contribution in [-0.2, 0) is 47.4 Å². The zero-order valence-corrected chi connectivity index (χ0v) is 51.8. The van der Waals surface area contributed by atoms with E-state index in [0.717, 1.165) is 18.4 Å². The highest BCUT2D eigenvalue weighted by Crippen LogP contribution is 2.75. The number of rotatable bonds is 20. The van der Waals surface area contributed by atoms with Crippen LogP contribution in [0.1, 0.15) is 107 Å². The zero-order chi connectivity index (χ0) is 65.5. The molecule has 29 nitrogen and oxygen atoms in total. The number of hydrogen-bond acceptors (Lipinski definition) is 29. The molecule has 0 spiro atoms. The Morgan fingerprint density at radius 1 is 0.517 bits per heavy atom. The Kier molecular flexibility index (Phi) is 22.3. The van der Waals surface area contributed by atoms with E-state index in [2.05, 4.69) is 33.8 Å². The summed E-state index contributed by atoms with van der Waals surface area (Å²) in [4.78, 5) is 0. The Morgan fingerprint density at radius 3 is 1.45 bits per heavy atom. The van der Waals surface area contributed by atoms with E-state index in [0.29, 0.717) is 32.1 Å². The number of aliphatic hydroxyl groups is 19. The molecule has 19 N–H and O–H groups in total. The van der Waals surface area contributed by atoms with Gasteiger partial charge in [-0.05, 0) is 99.7 Å². The first-order chi connectivity index (χ1) is 41.6. The molecule has 5 aliphatic heterocycles. The minimum absolute atomic E-state index is 0.0310. The van der Waals surface area contributed by atoms with Gasteiger partial charge >= 0.3 is 0 Å². The highest BCUT2D eigenvalue weighted by atomic mass is 16.8. The first-order valence-electron chi connectivity index (χ1n) is 31.6. The molecule has 89 heavy (non-hydrogen) atoms. The maximum absolute atomic E-state index is 12.8. The average Bonchev–Trinajstić information content (AvgIpc) is 1.66. The fourth-order valence-corrected chi connectivity index (χ4v) is 17.0. The number of aliphatic hydroxyl groups excluding tert-OH is 18. The molecule has 0 radical (unpaired) electrons. The Hall–Kier alpha value is -1.42. The molecule has 0 aromatic rings. The lowest BCUT2D eigenvalue weighted by atomic mass is 9.38. The van der Waals surface area contributed by atoms with E-state index >= 15 is 0 Å². The minimum atomic E-state index is -1.96. The van der Waals surface area contributed by atoms with E-state index in [1.807, 2.05) is 13.8 Å². The molecule has 29 heteroatoms. The van der Waals surface area contributed by atoms with Crippen LogP contribution in [-0.4, -0.2) is 308 Å². The van der Waals surface area contributed by atoms with Crippen LogP contribution in [0.4, 0.5) is 0 Å². The predicted molar refractivity (Wildman–Crippen MR) is 300 cm³/mol. The lowest BCUT2D eigenvalue weighted by Gasteiger charge is -2.67. The molecule has 516 valence electrons. The molecule has 9 rings (SSSR count). The summed E-state index contributed by atoms with van der Waals surface area (Å²) >= 11 is 0. The average molecular weight is 1290 g/mol. The number of ether oxygens (including phenoxy) is 10. The molecule has 0 amide bonds. The first kappa shape index (κ1) is 71.9. The SMILES string of the molecule is C[C@H](CC[C@@H](O[C@@H]1O[C@H](CO[C@@H]2O[C@H](CO)[C@@H](O)[C@H](O)[C@H]2O)[C@@H](O)[C@H](O)[C@H]1O[C@H]1O[C@H](CO)[C@@H](O)[C@H](O)[C@H]1O)C(C)(C)O)[C@H]1CC[C@@]2(C)[C@@H]3CC=C4[C@@H](CC[C@H](O[C@@H]5O[C@H](CO[C@@H]6O[C@H](CO)[C@@H](O)[C@H](O)[C@H]6O)[C@@H](O)[C@H](O)[C@H]5O)C4(C)C)[C@]3(C)[C@H](O)C[C@]12C. The summed E-state index contributed by atoms with van der Waals surface area (Å²) in [6.07, 6.45) is -37.4. The van der Waals surface area contributed by atoms with Crippen molar-refractivity contribution < 1.29 is 144 Å². The van der Waals surface area contributed by atoms with Gasteiger partial charge in [0, 0.05) is 10.8 Å². The normalized spacial score (nSPS) is 51.8. The third-order valence-corrected chi connectivity index (χ3v) is 22.9. The second-order valence-corrected chi connectivity index (χ2v) is 28.7. The van der Waals surface area contributed by atoms with E-state index in [1.165, 1.54) is 13.8 Å². The van der Waals surface area contributed by atoms with Crippen molar-refractivity contribution >= 4 is 0 Å². The van der Waals surface area contributed by atoms with E-state index in [1.54, 1.807) is 0 Å². The largest absolute Gasteiger partial charge is 0.394 e. The van der Waals surface area contributed by atoms with Gasteiger partial charge < -0.3 is 144 Å². The molecular weight excluding hydrogens is 1180 g/mol. The summed E-state index contributed by atoms with van der Waals surface area (Å²) < 4.78 is 59.3. The van der Waals surface area contributed by atoms with E-state index in [9.17, 15) is 97.0 Å². The summed E-state index contributed by atoms with van der Waals surface area (Å²) in [5.74, 6) is -0.0172. The van der Waals surface area contributed by atoms with Gasteiger partial charge in [-0.3, -0.25) is 0 Å². The van der Waals surface area contributed by atoms with Gasteiger partial charge in [-0.1, -0.05) is 53.2 Å². The van der Waals surface area contributed by atoms with Crippen molar-refractivity contribution in [1.82, 2.24) is 0 Å². The van der Waals surface area contributed by atoms with Gasteiger partial charge in [0.2, 0.25) is 0 Å². The van der Waals surface area contributed by atoms with Crippen LogP contribution in [0.25, 0.3) is 0 Å². The van der Waals surface area contributed by atoms with Crippen LogP contribution < -0.4 is 0 Å². The monoisotopic (exact) mass is 1290 g/mol. The van der Waals surface area contributed by atoms with Crippen molar-refractivity contribution in [2.24, 2.45) is 45.3 Å². The second-order valence-electron chi connectivity index (χ2n) is 28.7. The summed E-state index contributed by atoms with van der Waals surface area (Å²) in [6.45, 7) is 12.6. The number of allylic oxidation sites excluding steroid dienone is 1. The smallest absolute Gasteiger partial charge is 0.187 e. The molecule has 0 unspecified atom stereocenters. The van der Waals surface area contributed by atoms with Crippen LogP contribution in [0.2, 0.25) is 0 Å². The van der Waals surface area contributed by atoms with Crippen molar-refractivity contribution in [3.8, 4) is 0 Å².